The molecule has 0 spiro atoms. The van der Waals surface area contributed by atoms with Crippen molar-refractivity contribution in [2.75, 3.05) is 5.75 Å². The van der Waals surface area contributed by atoms with Gasteiger partial charge >= 0.3 is 5.97 Å². The number of carbonyl (C=O) groups is 1. The fourth-order valence-corrected chi connectivity index (χ4v) is 2.04. The van der Waals surface area contributed by atoms with Crippen molar-refractivity contribution in [1.82, 2.24) is 14.6 Å². The van der Waals surface area contributed by atoms with Crippen LogP contribution < -0.4 is 0 Å². The molecule has 0 saturated heterocycles. The molecule has 0 fully saturated rings. The highest BCUT2D eigenvalue weighted by atomic mass is 32.2. The molecular formula is C10H11N3O2S. The highest BCUT2D eigenvalue weighted by molar-refractivity contribution is 7.99. The standard InChI is InChI=1S/C10H11N3O2S/c1-7(10(14)15)6-16-9-3-5-13-8(12-9)2-4-11-13/h2-5,7H,6H2,1H3,(H,14,15). The maximum Gasteiger partial charge on any atom is 0.307 e. The molecule has 0 amide bonds. The van der Waals surface area contributed by atoms with Crippen molar-refractivity contribution in [2.45, 2.75) is 11.9 Å². The predicted octanol–water partition coefficient (Wildman–Crippen LogP) is 1.54. The molecule has 0 aliphatic heterocycles. The van der Waals surface area contributed by atoms with Gasteiger partial charge in [0.15, 0.2) is 5.65 Å². The predicted molar refractivity (Wildman–Crippen MR) is 60.5 cm³/mol. The number of thioether (sulfide) groups is 1. The van der Waals surface area contributed by atoms with E-state index in [1.165, 1.54) is 11.8 Å². The number of fused-ring (bicyclic) bond motifs is 1. The minimum absolute atomic E-state index is 0.368. The van der Waals surface area contributed by atoms with Gasteiger partial charge in [-0.2, -0.15) is 5.10 Å². The van der Waals surface area contributed by atoms with Crippen molar-refractivity contribution < 1.29 is 9.90 Å². The van der Waals surface area contributed by atoms with Gasteiger partial charge in [-0.25, -0.2) is 9.50 Å². The summed E-state index contributed by atoms with van der Waals surface area (Å²) in [6.07, 6.45) is 3.49. The number of rotatable bonds is 4. The minimum Gasteiger partial charge on any atom is -0.481 e. The van der Waals surface area contributed by atoms with Gasteiger partial charge in [-0.3, -0.25) is 4.79 Å². The van der Waals surface area contributed by atoms with E-state index in [1.54, 1.807) is 17.6 Å². The summed E-state index contributed by atoms with van der Waals surface area (Å²) in [5.41, 5.74) is 0.771. The van der Waals surface area contributed by atoms with Crippen LogP contribution in [0.3, 0.4) is 0 Å². The van der Waals surface area contributed by atoms with Crippen molar-refractivity contribution in [1.29, 1.82) is 0 Å². The lowest BCUT2D eigenvalue weighted by molar-refractivity contribution is -0.140. The maximum atomic E-state index is 10.6. The quantitative estimate of drug-likeness (QED) is 0.645. The third-order valence-electron chi connectivity index (χ3n) is 2.14. The summed E-state index contributed by atoms with van der Waals surface area (Å²) >= 11 is 1.44. The molecule has 2 aromatic rings. The van der Waals surface area contributed by atoms with Gasteiger partial charge in [0, 0.05) is 18.0 Å². The highest BCUT2D eigenvalue weighted by Crippen LogP contribution is 2.18. The molecule has 1 N–H and O–H groups in total. The zero-order chi connectivity index (χ0) is 11.5. The first-order chi connectivity index (χ1) is 7.66. The molecule has 0 bridgehead atoms. The lowest BCUT2D eigenvalue weighted by atomic mass is 10.2. The molecule has 0 aliphatic rings. The average molecular weight is 237 g/mol. The molecule has 0 radical (unpaired) electrons. The fourth-order valence-electron chi connectivity index (χ4n) is 1.16. The van der Waals surface area contributed by atoms with Crippen LogP contribution in [0.5, 0.6) is 0 Å². The van der Waals surface area contributed by atoms with Gasteiger partial charge in [-0.15, -0.1) is 11.8 Å². The van der Waals surface area contributed by atoms with Crippen molar-refractivity contribution in [3.63, 3.8) is 0 Å². The SMILES string of the molecule is CC(CSc1ccn2nccc2n1)C(=O)O. The lowest BCUT2D eigenvalue weighted by Crippen LogP contribution is -2.11. The van der Waals surface area contributed by atoms with E-state index in [0.29, 0.717) is 5.75 Å². The zero-order valence-electron chi connectivity index (χ0n) is 8.70. The average Bonchev–Trinajstić information content (AvgIpc) is 2.72. The van der Waals surface area contributed by atoms with Gasteiger partial charge in [0.2, 0.25) is 0 Å². The molecule has 1 atom stereocenters. The molecule has 84 valence electrons. The Morgan fingerprint density at radius 1 is 1.62 bits per heavy atom. The number of hydrogen-bond donors (Lipinski definition) is 1. The highest BCUT2D eigenvalue weighted by Gasteiger charge is 2.11. The van der Waals surface area contributed by atoms with Gasteiger partial charge in [0.25, 0.3) is 0 Å². The van der Waals surface area contributed by atoms with E-state index < -0.39 is 5.97 Å². The normalized spacial score (nSPS) is 12.8. The summed E-state index contributed by atoms with van der Waals surface area (Å²) in [5, 5.41) is 13.6. The van der Waals surface area contributed by atoms with Crippen LogP contribution in [-0.2, 0) is 4.79 Å². The Morgan fingerprint density at radius 3 is 3.19 bits per heavy atom. The minimum atomic E-state index is -0.780. The van der Waals surface area contributed by atoms with Crippen molar-refractivity contribution in [3.05, 3.63) is 24.5 Å². The zero-order valence-corrected chi connectivity index (χ0v) is 9.52. The van der Waals surface area contributed by atoms with E-state index in [2.05, 4.69) is 10.1 Å². The molecule has 0 aromatic carbocycles. The summed E-state index contributed by atoms with van der Waals surface area (Å²) in [6, 6.07) is 3.64. The summed E-state index contributed by atoms with van der Waals surface area (Å²) in [5.74, 6) is -0.627. The Bertz CT molecular complexity index is 511. The largest absolute Gasteiger partial charge is 0.481 e. The van der Waals surface area contributed by atoms with E-state index in [-0.39, 0.29) is 5.92 Å². The van der Waals surface area contributed by atoms with Crippen LogP contribution in [0.25, 0.3) is 5.65 Å². The third kappa shape index (κ3) is 2.33. The van der Waals surface area contributed by atoms with Crippen LogP contribution in [0.4, 0.5) is 0 Å². The van der Waals surface area contributed by atoms with Crippen molar-refractivity contribution in [3.8, 4) is 0 Å². The Balaban J connectivity index is 2.06. The van der Waals surface area contributed by atoms with Gasteiger partial charge in [-0.1, -0.05) is 6.92 Å². The van der Waals surface area contributed by atoms with E-state index >= 15 is 0 Å². The van der Waals surface area contributed by atoms with Gasteiger partial charge < -0.3 is 5.11 Å². The fraction of sp³-hybridized carbons (Fsp3) is 0.300. The Kier molecular flexibility index (Phi) is 3.09. The van der Waals surface area contributed by atoms with Crippen LogP contribution in [0, 0.1) is 5.92 Å². The molecule has 16 heavy (non-hydrogen) atoms. The van der Waals surface area contributed by atoms with E-state index in [1.807, 2.05) is 18.3 Å². The molecule has 6 heteroatoms. The molecule has 2 rings (SSSR count). The first-order valence-electron chi connectivity index (χ1n) is 4.83. The monoisotopic (exact) mass is 237 g/mol. The topological polar surface area (TPSA) is 67.5 Å². The van der Waals surface area contributed by atoms with Crippen LogP contribution in [-0.4, -0.2) is 31.4 Å². The number of carboxylic acids is 1. The molecule has 2 aromatic heterocycles. The molecule has 5 nitrogen and oxygen atoms in total. The van der Waals surface area contributed by atoms with Crippen molar-refractivity contribution in [2.24, 2.45) is 5.92 Å². The molecule has 0 aliphatic carbocycles. The second-order valence-corrected chi connectivity index (χ2v) is 4.49. The lowest BCUT2D eigenvalue weighted by Gasteiger charge is -2.04. The number of aliphatic carboxylic acids is 1. The van der Waals surface area contributed by atoms with E-state index in [9.17, 15) is 4.79 Å². The number of carboxylic acid groups (broad SMARTS) is 1. The second-order valence-electron chi connectivity index (χ2n) is 3.45. The van der Waals surface area contributed by atoms with E-state index in [0.717, 1.165) is 10.7 Å². The smallest absolute Gasteiger partial charge is 0.307 e. The van der Waals surface area contributed by atoms with E-state index in [4.69, 9.17) is 5.11 Å². The summed E-state index contributed by atoms with van der Waals surface area (Å²) in [4.78, 5) is 15.0. The number of hydrogen-bond acceptors (Lipinski definition) is 4. The number of nitrogens with zero attached hydrogens (tertiary/aromatic N) is 3. The van der Waals surface area contributed by atoms with Crippen LogP contribution >= 0.6 is 11.8 Å². The van der Waals surface area contributed by atoms with Gasteiger partial charge in [-0.05, 0) is 6.07 Å². The summed E-state index contributed by atoms with van der Waals surface area (Å²) in [6.45, 7) is 1.69. The Labute approximate surface area is 96.5 Å². The summed E-state index contributed by atoms with van der Waals surface area (Å²) < 4.78 is 1.67. The molecule has 0 saturated carbocycles. The van der Waals surface area contributed by atoms with Crippen LogP contribution in [0.1, 0.15) is 6.92 Å². The van der Waals surface area contributed by atoms with Gasteiger partial charge in [0.05, 0.1) is 12.1 Å². The second kappa shape index (κ2) is 4.52. The van der Waals surface area contributed by atoms with Crippen molar-refractivity contribution >= 4 is 23.4 Å². The third-order valence-corrected chi connectivity index (χ3v) is 3.33. The van der Waals surface area contributed by atoms with Crippen LogP contribution in [0.2, 0.25) is 0 Å². The molecule has 2 heterocycles. The Morgan fingerprint density at radius 2 is 2.44 bits per heavy atom. The summed E-state index contributed by atoms with van der Waals surface area (Å²) in [7, 11) is 0. The first-order valence-corrected chi connectivity index (χ1v) is 5.81. The molecular weight excluding hydrogens is 226 g/mol. The Hall–Kier alpha value is -1.56. The van der Waals surface area contributed by atoms with Gasteiger partial charge in [0.1, 0.15) is 5.03 Å². The molecule has 1 unspecified atom stereocenters. The maximum absolute atomic E-state index is 10.6. The number of aromatic nitrogens is 3. The first kappa shape index (κ1) is 10.9. The van der Waals surface area contributed by atoms with Crippen LogP contribution in [0.15, 0.2) is 29.6 Å².